The third-order valence-corrected chi connectivity index (χ3v) is 2.85. The molecule has 5 heteroatoms. The first-order valence-electron chi connectivity index (χ1n) is 5.51. The monoisotopic (exact) mass is 261 g/mol. The quantitative estimate of drug-likeness (QED) is 0.891. The molecule has 2 rings (SSSR count). The molecular weight excluding hydrogens is 250 g/mol. The molecule has 1 heterocycles. The number of rotatable bonds is 3. The number of benzene rings is 1. The van der Waals surface area contributed by atoms with E-state index in [2.05, 4.69) is 16.4 Å². The number of pyridine rings is 1. The van der Waals surface area contributed by atoms with Gasteiger partial charge in [-0.25, -0.2) is 0 Å². The summed E-state index contributed by atoms with van der Waals surface area (Å²) in [4.78, 5) is 4.20. The Hall–Kier alpha value is -1.83. The zero-order valence-electron chi connectivity index (χ0n) is 9.81. The Labute approximate surface area is 110 Å². The van der Waals surface area contributed by atoms with E-state index in [9.17, 15) is 0 Å². The van der Waals surface area contributed by atoms with E-state index in [1.165, 1.54) is 6.20 Å². The Kier molecular flexibility index (Phi) is 3.66. The number of aromatic nitrogens is 1. The van der Waals surface area contributed by atoms with Crippen molar-refractivity contribution in [2.75, 3.05) is 11.9 Å². The first-order valence-corrected chi connectivity index (χ1v) is 5.89. The van der Waals surface area contributed by atoms with Crippen molar-refractivity contribution in [1.82, 2.24) is 4.98 Å². The molecule has 18 heavy (non-hydrogen) atoms. The van der Waals surface area contributed by atoms with Gasteiger partial charge < -0.3 is 10.4 Å². The summed E-state index contributed by atoms with van der Waals surface area (Å²) in [6.45, 7) is 1.81. The van der Waals surface area contributed by atoms with Crippen LogP contribution in [0.4, 0.5) is 5.69 Å². The topological polar surface area (TPSA) is 68.9 Å². The van der Waals surface area contributed by atoms with Gasteiger partial charge in [-0.2, -0.15) is 5.26 Å². The summed E-state index contributed by atoms with van der Waals surface area (Å²) in [6.07, 6.45) is 1.52. The second kappa shape index (κ2) is 5.21. The number of fused-ring (bicyclic) bond motifs is 1. The first kappa shape index (κ1) is 12.6. The molecular formula is C13H12ClN3O. The third-order valence-electron chi connectivity index (χ3n) is 2.62. The fraction of sp³-hybridized carbons (Fsp3) is 0.231. The van der Waals surface area contributed by atoms with E-state index in [4.69, 9.17) is 22.0 Å². The molecule has 0 spiro atoms. The van der Waals surface area contributed by atoms with Crippen LogP contribution in [0.2, 0.25) is 5.02 Å². The van der Waals surface area contributed by atoms with Crippen molar-refractivity contribution in [3.8, 4) is 6.07 Å². The highest BCUT2D eigenvalue weighted by Gasteiger charge is 2.11. The van der Waals surface area contributed by atoms with Gasteiger partial charge in [0, 0.05) is 22.6 Å². The predicted octanol–water partition coefficient (Wildman–Crippen LogP) is 2.55. The highest BCUT2D eigenvalue weighted by molar-refractivity contribution is 6.31. The molecule has 0 aliphatic carbocycles. The van der Waals surface area contributed by atoms with Crippen LogP contribution in [0.1, 0.15) is 12.5 Å². The molecule has 0 aliphatic rings. The Bertz CT molecular complexity index is 621. The number of nitriles is 1. The SMILES string of the molecule is C[C@H](CO)Nc1c(C#N)cnc2ccc(Cl)cc12. The summed E-state index contributed by atoms with van der Waals surface area (Å²) < 4.78 is 0. The highest BCUT2D eigenvalue weighted by Crippen LogP contribution is 2.28. The zero-order valence-corrected chi connectivity index (χ0v) is 10.6. The molecule has 2 N–H and O–H groups in total. The molecule has 0 unspecified atom stereocenters. The van der Waals surface area contributed by atoms with E-state index >= 15 is 0 Å². The Balaban J connectivity index is 2.65. The van der Waals surface area contributed by atoms with Gasteiger partial charge in [-0.1, -0.05) is 11.6 Å². The number of hydrogen-bond donors (Lipinski definition) is 2. The standard InChI is InChI=1S/C13H12ClN3O/c1-8(7-18)17-13-9(5-15)6-16-12-3-2-10(14)4-11(12)13/h2-4,6,8,18H,7H2,1H3,(H,16,17)/t8-/m1/s1. The summed E-state index contributed by atoms with van der Waals surface area (Å²) in [5.41, 5.74) is 1.85. The van der Waals surface area contributed by atoms with Gasteiger partial charge in [-0.05, 0) is 25.1 Å². The van der Waals surface area contributed by atoms with Crippen molar-refractivity contribution >= 4 is 28.2 Å². The van der Waals surface area contributed by atoms with E-state index in [0.29, 0.717) is 16.3 Å². The molecule has 0 amide bonds. The maximum Gasteiger partial charge on any atom is 0.103 e. The molecule has 92 valence electrons. The molecule has 0 aliphatic heterocycles. The van der Waals surface area contributed by atoms with Gasteiger partial charge in [-0.3, -0.25) is 4.98 Å². The number of aliphatic hydroxyl groups is 1. The lowest BCUT2D eigenvalue weighted by molar-refractivity contribution is 0.281. The average molecular weight is 262 g/mol. The minimum atomic E-state index is -0.151. The lowest BCUT2D eigenvalue weighted by atomic mass is 10.1. The van der Waals surface area contributed by atoms with Crippen LogP contribution in [-0.4, -0.2) is 22.7 Å². The average Bonchev–Trinajstić information content (AvgIpc) is 2.39. The normalized spacial score (nSPS) is 12.1. The number of hydrogen-bond acceptors (Lipinski definition) is 4. The molecule has 0 saturated heterocycles. The van der Waals surface area contributed by atoms with Gasteiger partial charge >= 0.3 is 0 Å². The van der Waals surface area contributed by atoms with Crippen LogP contribution in [0, 0.1) is 11.3 Å². The van der Waals surface area contributed by atoms with Crippen LogP contribution >= 0.6 is 11.6 Å². The molecule has 0 saturated carbocycles. The second-order valence-corrected chi connectivity index (χ2v) is 4.48. The minimum Gasteiger partial charge on any atom is -0.394 e. The van der Waals surface area contributed by atoms with E-state index in [1.54, 1.807) is 18.2 Å². The van der Waals surface area contributed by atoms with Crippen molar-refractivity contribution in [3.63, 3.8) is 0 Å². The van der Waals surface area contributed by atoms with Gasteiger partial charge in [0.25, 0.3) is 0 Å². The maximum absolute atomic E-state index is 9.11. The van der Waals surface area contributed by atoms with Gasteiger partial charge in [0.15, 0.2) is 0 Å². The fourth-order valence-corrected chi connectivity index (χ4v) is 1.87. The van der Waals surface area contributed by atoms with Gasteiger partial charge in [0.1, 0.15) is 6.07 Å². The van der Waals surface area contributed by atoms with Gasteiger partial charge in [0.05, 0.1) is 23.4 Å². The van der Waals surface area contributed by atoms with Gasteiger partial charge in [-0.15, -0.1) is 0 Å². The maximum atomic E-state index is 9.11. The Morgan fingerprint density at radius 2 is 2.33 bits per heavy atom. The zero-order chi connectivity index (χ0) is 13.1. The summed E-state index contributed by atoms with van der Waals surface area (Å²) in [6, 6.07) is 7.25. The number of aliphatic hydroxyl groups excluding tert-OH is 1. The molecule has 4 nitrogen and oxygen atoms in total. The fourth-order valence-electron chi connectivity index (χ4n) is 1.70. The number of nitrogens with one attached hydrogen (secondary N) is 1. The van der Waals surface area contributed by atoms with Crippen molar-refractivity contribution in [2.45, 2.75) is 13.0 Å². The van der Waals surface area contributed by atoms with Crippen LogP contribution in [0.15, 0.2) is 24.4 Å². The van der Waals surface area contributed by atoms with Crippen LogP contribution in [0.5, 0.6) is 0 Å². The first-order chi connectivity index (χ1) is 8.65. The van der Waals surface area contributed by atoms with Crippen LogP contribution in [0.25, 0.3) is 10.9 Å². The van der Waals surface area contributed by atoms with Crippen molar-refractivity contribution in [2.24, 2.45) is 0 Å². The van der Waals surface area contributed by atoms with Crippen molar-refractivity contribution < 1.29 is 5.11 Å². The number of anilines is 1. The lowest BCUT2D eigenvalue weighted by Crippen LogP contribution is -2.20. The number of nitrogens with zero attached hydrogens (tertiary/aromatic N) is 2. The third kappa shape index (κ3) is 2.37. The number of halogens is 1. The highest BCUT2D eigenvalue weighted by atomic mass is 35.5. The van der Waals surface area contributed by atoms with E-state index in [0.717, 1.165) is 10.9 Å². The Morgan fingerprint density at radius 3 is 3.00 bits per heavy atom. The molecule has 0 fully saturated rings. The smallest absolute Gasteiger partial charge is 0.103 e. The van der Waals surface area contributed by atoms with E-state index in [-0.39, 0.29) is 12.6 Å². The summed E-state index contributed by atoms with van der Waals surface area (Å²) in [5, 5.41) is 22.7. The van der Waals surface area contributed by atoms with Gasteiger partial charge in [0.2, 0.25) is 0 Å². The van der Waals surface area contributed by atoms with Crippen LogP contribution in [0.3, 0.4) is 0 Å². The van der Waals surface area contributed by atoms with E-state index in [1.807, 2.05) is 6.92 Å². The van der Waals surface area contributed by atoms with E-state index < -0.39 is 0 Å². The summed E-state index contributed by atoms with van der Waals surface area (Å²) in [7, 11) is 0. The van der Waals surface area contributed by atoms with Crippen molar-refractivity contribution in [3.05, 3.63) is 35.0 Å². The molecule has 1 aromatic heterocycles. The molecule has 1 aromatic carbocycles. The molecule has 1 atom stereocenters. The molecule has 2 aromatic rings. The minimum absolute atomic E-state index is 0.0186. The summed E-state index contributed by atoms with van der Waals surface area (Å²) in [5.74, 6) is 0. The second-order valence-electron chi connectivity index (χ2n) is 4.05. The summed E-state index contributed by atoms with van der Waals surface area (Å²) >= 11 is 5.97. The van der Waals surface area contributed by atoms with Crippen molar-refractivity contribution in [1.29, 1.82) is 5.26 Å². The van der Waals surface area contributed by atoms with Crippen LogP contribution < -0.4 is 5.32 Å². The molecule has 0 radical (unpaired) electrons. The Morgan fingerprint density at radius 1 is 1.56 bits per heavy atom. The predicted molar refractivity (Wildman–Crippen MR) is 71.6 cm³/mol. The molecule has 0 bridgehead atoms. The van der Waals surface area contributed by atoms with Crippen LogP contribution in [-0.2, 0) is 0 Å². The largest absolute Gasteiger partial charge is 0.394 e. The lowest BCUT2D eigenvalue weighted by Gasteiger charge is -2.15.